The van der Waals surface area contributed by atoms with Crippen LogP contribution >= 0.6 is 15.9 Å². The minimum atomic E-state index is -0.357. The third-order valence-corrected chi connectivity index (χ3v) is 4.62. The van der Waals surface area contributed by atoms with Crippen molar-refractivity contribution in [2.45, 2.75) is 39.0 Å². The molecule has 0 amide bonds. The van der Waals surface area contributed by atoms with Gasteiger partial charge < -0.3 is 0 Å². The molecule has 0 aromatic heterocycles. The number of hydrogen-bond donors (Lipinski definition) is 0. The molecule has 0 radical (unpaired) electrons. The maximum Gasteiger partial charge on any atom is 0.166 e. The van der Waals surface area contributed by atoms with Gasteiger partial charge in [-0.2, -0.15) is 0 Å². The summed E-state index contributed by atoms with van der Waals surface area (Å²) in [7, 11) is 0. The molecule has 1 aromatic rings. The average molecular weight is 313 g/mol. The van der Waals surface area contributed by atoms with Gasteiger partial charge in [0, 0.05) is 11.5 Å². The molecule has 18 heavy (non-hydrogen) atoms. The maximum atomic E-state index is 13.5. The van der Waals surface area contributed by atoms with Crippen LogP contribution in [0.2, 0.25) is 0 Å². The van der Waals surface area contributed by atoms with Crippen molar-refractivity contribution in [2.24, 2.45) is 11.8 Å². The van der Waals surface area contributed by atoms with Crippen molar-refractivity contribution in [1.29, 1.82) is 0 Å². The fourth-order valence-corrected chi connectivity index (χ4v) is 3.15. The molecule has 1 fully saturated rings. The first-order valence-electron chi connectivity index (χ1n) is 6.62. The normalized spacial score (nSPS) is 23.9. The Morgan fingerprint density at radius 3 is 2.78 bits per heavy atom. The van der Waals surface area contributed by atoms with Gasteiger partial charge in [0.2, 0.25) is 0 Å². The Bertz CT molecular complexity index is 444. The summed E-state index contributed by atoms with van der Waals surface area (Å²) in [5.41, 5.74) is 0.515. The van der Waals surface area contributed by atoms with Crippen LogP contribution in [-0.2, 0) is 0 Å². The van der Waals surface area contributed by atoms with E-state index in [-0.39, 0.29) is 17.5 Å². The van der Waals surface area contributed by atoms with Gasteiger partial charge in [-0.15, -0.1) is 0 Å². The first-order valence-corrected chi connectivity index (χ1v) is 7.42. The smallest absolute Gasteiger partial charge is 0.166 e. The second-order valence-electron chi connectivity index (χ2n) is 5.05. The van der Waals surface area contributed by atoms with Crippen molar-refractivity contribution in [3.05, 3.63) is 34.1 Å². The molecule has 1 nitrogen and oxygen atoms in total. The van der Waals surface area contributed by atoms with Crippen LogP contribution in [0, 0.1) is 17.7 Å². The van der Waals surface area contributed by atoms with Crippen LogP contribution in [0.1, 0.15) is 49.4 Å². The molecular weight excluding hydrogens is 295 g/mol. The highest BCUT2D eigenvalue weighted by Gasteiger charge is 2.30. The molecule has 0 bridgehead atoms. The van der Waals surface area contributed by atoms with E-state index in [1.165, 1.54) is 12.5 Å². The summed E-state index contributed by atoms with van der Waals surface area (Å²) in [4.78, 5) is 12.5. The van der Waals surface area contributed by atoms with Gasteiger partial charge in [-0.25, -0.2) is 4.39 Å². The predicted octanol–water partition coefficient (Wildman–Crippen LogP) is 4.99. The highest BCUT2D eigenvalue weighted by molar-refractivity contribution is 9.10. The van der Waals surface area contributed by atoms with Crippen LogP contribution in [0.15, 0.2) is 22.7 Å². The summed E-state index contributed by atoms with van der Waals surface area (Å²) in [5, 5.41) is 0. The number of Topliss-reactive ketones (excluding diaryl/α,β-unsaturated/α-hetero) is 1. The summed E-state index contributed by atoms with van der Waals surface area (Å²) in [6.07, 6.45) is 5.46. The van der Waals surface area contributed by atoms with Crippen LogP contribution < -0.4 is 0 Å². The zero-order valence-corrected chi connectivity index (χ0v) is 12.2. The fourth-order valence-electron chi connectivity index (χ4n) is 2.90. The highest BCUT2D eigenvalue weighted by Crippen LogP contribution is 2.34. The Morgan fingerprint density at radius 1 is 1.39 bits per heavy atom. The number of ketones is 1. The lowest BCUT2D eigenvalue weighted by Gasteiger charge is -2.29. The third-order valence-electron chi connectivity index (χ3n) is 3.97. The monoisotopic (exact) mass is 312 g/mol. The van der Waals surface area contributed by atoms with Crippen molar-refractivity contribution in [3.8, 4) is 0 Å². The topological polar surface area (TPSA) is 17.1 Å². The Hall–Kier alpha value is -0.700. The molecule has 1 aromatic carbocycles. The summed E-state index contributed by atoms with van der Waals surface area (Å²) in [6, 6.07) is 4.69. The number of carbonyl (C=O) groups excluding carboxylic acids is 1. The van der Waals surface area contributed by atoms with E-state index in [4.69, 9.17) is 0 Å². The minimum Gasteiger partial charge on any atom is -0.294 e. The zero-order valence-electron chi connectivity index (χ0n) is 10.6. The van der Waals surface area contributed by atoms with Gasteiger partial charge in [0.15, 0.2) is 5.78 Å². The maximum absolute atomic E-state index is 13.5. The molecule has 0 saturated heterocycles. The van der Waals surface area contributed by atoms with Crippen LogP contribution in [-0.4, -0.2) is 5.78 Å². The summed E-state index contributed by atoms with van der Waals surface area (Å²) in [6.45, 7) is 2.14. The van der Waals surface area contributed by atoms with Crippen LogP contribution in [0.3, 0.4) is 0 Å². The summed E-state index contributed by atoms with van der Waals surface area (Å²) in [5.74, 6) is 0.319. The van der Waals surface area contributed by atoms with E-state index >= 15 is 0 Å². The Kier molecular flexibility index (Phi) is 4.55. The van der Waals surface area contributed by atoms with E-state index < -0.39 is 0 Å². The standard InChI is InChI=1S/C15H18BrFO/c1-2-10-5-3-4-6-12(10)15(18)11-7-8-13(16)14(17)9-11/h7-10,12H,2-6H2,1H3. The average Bonchev–Trinajstić information content (AvgIpc) is 2.41. The lowest BCUT2D eigenvalue weighted by molar-refractivity contribution is 0.0820. The van der Waals surface area contributed by atoms with Crippen molar-refractivity contribution in [2.75, 3.05) is 0 Å². The van der Waals surface area contributed by atoms with Crippen LogP contribution in [0.5, 0.6) is 0 Å². The van der Waals surface area contributed by atoms with Crippen molar-refractivity contribution in [1.82, 2.24) is 0 Å². The Labute approximate surface area is 116 Å². The second-order valence-corrected chi connectivity index (χ2v) is 5.91. The van der Waals surface area contributed by atoms with Crippen molar-refractivity contribution < 1.29 is 9.18 Å². The van der Waals surface area contributed by atoms with Gasteiger partial charge in [-0.05, 0) is 46.8 Å². The molecule has 2 rings (SSSR count). The van der Waals surface area contributed by atoms with E-state index in [1.807, 2.05) is 0 Å². The highest BCUT2D eigenvalue weighted by atomic mass is 79.9. The van der Waals surface area contributed by atoms with Gasteiger partial charge in [-0.1, -0.05) is 32.3 Å². The number of carbonyl (C=O) groups is 1. The number of benzene rings is 1. The summed E-state index contributed by atoms with van der Waals surface area (Å²) >= 11 is 3.11. The van der Waals surface area contributed by atoms with Gasteiger partial charge in [0.25, 0.3) is 0 Å². The molecule has 0 N–H and O–H groups in total. The fraction of sp³-hybridized carbons (Fsp3) is 0.533. The zero-order chi connectivity index (χ0) is 13.1. The lowest BCUT2D eigenvalue weighted by Crippen LogP contribution is -2.27. The number of halogens is 2. The van der Waals surface area contributed by atoms with Gasteiger partial charge in [0.05, 0.1) is 4.47 Å². The molecule has 98 valence electrons. The minimum absolute atomic E-state index is 0.0873. The molecule has 2 unspecified atom stereocenters. The first kappa shape index (κ1) is 13.7. The molecule has 1 aliphatic carbocycles. The van der Waals surface area contributed by atoms with Gasteiger partial charge in [-0.3, -0.25) is 4.79 Å². The van der Waals surface area contributed by atoms with Crippen molar-refractivity contribution in [3.63, 3.8) is 0 Å². The van der Waals surface area contributed by atoms with E-state index in [0.29, 0.717) is 16.0 Å². The predicted molar refractivity (Wildman–Crippen MR) is 74.2 cm³/mol. The van der Waals surface area contributed by atoms with E-state index in [9.17, 15) is 9.18 Å². The third kappa shape index (κ3) is 2.82. The molecule has 1 saturated carbocycles. The van der Waals surface area contributed by atoms with E-state index in [2.05, 4.69) is 22.9 Å². The molecule has 2 atom stereocenters. The summed E-state index contributed by atoms with van der Waals surface area (Å²) < 4.78 is 13.9. The van der Waals surface area contributed by atoms with E-state index in [1.54, 1.807) is 12.1 Å². The van der Waals surface area contributed by atoms with Crippen LogP contribution in [0.25, 0.3) is 0 Å². The first-order chi connectivity index (χ1) is 8.63. The Morgan fingerprint density at radius 2 is 2.11 bits per heavy atom. The molecular formula is C15H18BrFO. The van der Waals surface area contributed by atoms with E-state index in [0.717, 1.165) is 25.7 Å². The number of rotatable bonds is 3. The van der Waals surface area contributed by atoms with Gasteiger partial charge >= 0.3 is 0 Å². The molecule has 0 aliphatic heterocycles. The molecule has 1 aliphatic rings. The molecule has 0 heterocycles. The Balaban J connectivity index is 2.21. The largest absolute Gasteiger partial charge is 0.294 e. The second kappa shape index (κ2) is 5.96. The lowest BCUT2D eigenvalue weighted by atomic mass is 9.74. The quantitative estimate of drug-likeness (QED) is 0.719. The van der Waals surface area contributed by atoms with Crippen LogP contribution in [0.4, 0.5) is 4.39 Å². The van der Waals surface area contributed by atoms with Crippen molar-refractivity contribution >= 4 is 21.7 Å². The number of hydrogen-bond acceptors (Lipinski definition) is 1. The molecule has 3 heteroatoms. The SMILES string of the molecule is CCC1CCCCC1C(=O)c1ccc(Br)c(F)c1. The van der Waals surface area contributed by atoms with Gasteiger partial charge in [0.1, 0.15) is 5.82 Å². The molecule has 0 spiro atoms.